The number of nitrogens with zero attached hydrogens (tertiary/aromatic N) is 1. The highest BCUT2D eigenvalue weighted by Crippen LogP contribution is 2.08. The van der Waals surface area contributed by atoms with Gasteiger partial charge in [0.2, 0.25) is 10.0 Å². The fraction of sp³-hybridized carbons (Fsp3) is 0.462. The van der Waals surface area contributed by atoms with E-state index in [1.54, 1.807) is 24.3 Å². The van der Waals surface area contributed by atoms with Crippen LogP contribution in [0.4, 0.5) is 0 Å². The molecule has 1 aromatic carbocycles. The van der Waals surface area contributed by atoms with Crippen molar-refractivity contribution in [2.75, 3.05) is 20.1 Å². The Morgan fingerprint density at radius 3 is 2.74 bits per heavy atom. The molecule has 0 fully saturated rings. The van der Waals surface area contributed by atoms with Crippen molar-refractivity contribution >= 4 is 10.0 Å². The van der Waals surface area contributed by atoms with Crippen LogP contribution < -0.4 is 10.0 Å². The van der Waals surface area contributed by atoms with Gasteiger partial charge in [-0.25, -0.2) is 13.1 Å². The molecular formula is C13H19N3O2S. The summed E-state index contributed by atoms with van der Waals surface area (Å²) in [7, 11) is -1.53. The van der Waals surface area contributed by atoms with Crippen molar-refractivity contribution in [2.45, 2.75) is 12.7 Å². The standard InChI is InChI=1S/C13H19N3O2S/c1-11(8-15-2)9-16-19(17,18)10-13-5-3-4-12(6-13)7-14/h3-6,11,15-16H,8-10H2,1-2H3. The Kier molecular flexibility index (Phi) is 5.96. The van der Waals surface area contributed by atoms with E-state index in [9.17, 15) is 8.42 Å². The Bertz CT molecular complexity index is 549. The van der Waals surface area contributed by atoms with Gasteiger partial charge in [0.15, 0.2) is 0 Å². The van der Waals surface area contributed by atoms with Gasteiger partial charge in [-0.1, -0.05) is 19.1 Å². The summed E-state index contributed by atoms with van der Waals surface area (Å²) in [5, 5.41) is 11.8. The number of sulfonamides is 1. The number of rotatable bonds is 7. The van der Waals surface area contributed by atoms with Crippen LogP contribution in [0.2, 0.25) is 0 Å². The predicted molar refractivity (Wildman–Crippen MR) is 74.9 cm³/mol. The molecule has 0 aromatic heterocycles. The molecule has 0 spiro atoms. The van der Waals surface area contributed by atoms with E-state index in [2.05, 4.69) is 10.0 Å². The molecule has 1 rings (SSSR count). The fourth-order valence-electron chi connectivity index (χ4n) is 1.69. The second-order valence-corrected chi connectivity index (χ2v) is 6.39. The quantitative estimate of drug-likeness (QED) is 0.775. The molecule has 0 saturated carbocycles. The molecule has 0 aliphatic heterocycles. The van der Waals surface area contributed by atoms with Crippen molar-refractivity contribution in [1.82, 2.24) is 10.0 Å². The predicted octanol–water partition coefficient (Wildman–Crippen LogP) is 0.833. The molecule has 0 aliphatic carbocycles. The van der Waals surface area contributed by atoms with E-state index in [-0.39, 0.29) is 11.7 Å². The van der Waals surface area contributed by atoms with Crippen molar-refractivity contribution in [3.8, 4) is 6.07 Å². The van der Waals surface area contributed by atoms with Crippen LogP contribution in [-0.2, 0) is 15.8 Å². The number of hydrogen-bond donors (Lipinski definition) is 2. The van der Waals surface area contributed by atoms with Crippen LogP contribution >= 0.6 is 0 Å². The maximum absolute atomic E-state index is 11.9. The van der Waals surface area contributed by atoms with E-state index in [0.717, 1.165) is 6.54 Å². The van der Waals surface area contributed by atoms with E-state index in [1.807, 2.05) is 20.0 Å². The first-order valence-corrected chi connectivity index (χ1v) is 7.73. The van der Waals surface area contributed by atoms with Gasteiger partial charge >= 0.3 is 0 Å². The third-order valence-corrected chi connectivity index (χ3v) is 3.94. The van der Waals surface area contributed by atoms with Gasteiger partial charge in [0, 0.05) is 6.54 Å². The molecule has 0 heterocycles. The Labute approximate surface area is 114 Å². The maximum Gasteiger partial charge on any atom is 0.215 e. The van der Waals surface area contributed by atoms with E-state index in [1.165, 1.54) is 0 Å². The van der Waals surface area contributed by atoms with Crippen LogP contribution in [0.5, 0.6) is 0 Å². The highest BCUT2D eigenvalue weighted by molar-refractivity contribution is 7.88. The largest absolute Gasteiger partial charge is 0.319 e. The lowest BCUT2D eigenvalue weighted by molar-refractivity contribution is 0.518. The second kappa shape index (κ2) is 7.24. The summed E-state index contributed by atoms with van der Waals surface area (Å²) >= 11 is 0. The highest BCUT2D eigenvalue weighted by atomic mass is 32.2. The van der Waals surface area contributed by atoms with Gasteiger partial charge in [-0.3, -0.25) is 0 Å². The lowest BCUT2D eigenvalue weighted by atomic mass is 10.2. The van der Waals surface area contributed by atoms with Crippen LogP contribution in [0.15, 0.2) is 24.3 Å². The minimum Gasteiger partial charge on any atom is -0.319 e. The molecular weight excluding hydrogens is 262 g/mol. The van der Waals surface area contributed by atoms with Gasteiger partial charge in [0.1, 0.15) is 0 Å². The number of benzene rings is 1. The van der Waals surface area contributed by atoms with Crippen LogP contribution in [0, 0.1) is 17.2 Å². The smallest absolute Gasteiger partial charge is 0.215 e. The highest BCUT2D eigenvalue weighted by Gasteiger charge is 2.13. The Hall–Kier alpha value is -1.42. The molecule has 0 amide bonds. The molecule has 0 radical (unpaired) electrons. The molecule has 1 unspecified atom stereocenters. The zero-order chi connectivity index (χ0) is 14.3. The SMILES string of the molecule is CNCC(C)CNS(=O)(=O)Cc1cccc(C#N)c1. The Balaban J connectivity index is 2.61. The van der Waals surface area contributed by atoms with Gasteiger partial charge in [-0.15, -0.1) is 0 Å². The summed E-state index contributed by atoms with van der Waals surface area (Å²) in [6.45, 7) is 3.13. The van der Waals surface area contributed by atoms with Crippen molar-refractivity contribution in [2.24, 2.45) is 5.92 Å². The van der Waals surface area contributed by atoms with E-state index in [0.29, 0.717) is 17.7 Å². The number of nitriles is 1. The Morgan fingerprint density at radius 2 is 2.11 bits per heavy atom. The summed E-state index contributed by atoms with van der Waals surface area (Å²) in [5.41, 5.74) is 1.09. The lowest BCUT2D eigenvalue weighted by Crippen LogP contribution is -2.33. The van der Waals surface area contributed by atoms with Crippen molar-refractivity contribution in [3.63, 3.8) is 0 Å². The van der Waals surface area contributed by atoms with Crippen LogP contribution in [0.3, 0.4) is 0 Å². The van der Waals surface area contributed by atoms with Gasteiger partial charge in [0.25, 0.3) is 0 Å². The van der Waals surface area contributed by atoms with Crippen molar-refractivity contribution < 1.29 is 8.42 Å². The second-order valence-electron chi connectivity index (χ2n) is 4.58. The van der Waals surface area contributed by atoms with E-state index >= 15 is 0 Å². The molecule has 0 saturated heterocycles. The zero-order valence-corrected chi connectivity index (χ0v) is 12.0. The maximum atomic E-state index is 11.9. The topological polar surface area (TPSA) is 82.0 Å². The van der Waals surface area contributed by atoms with Crippen LogP contribution in [-0.4, -0.2) is 28.6 Å². The van der Waals surface area contributed by atoms with Gasteiger partial charge in [-0.2, -0.15) is 5.26 Å². The van der Waals surface area contributed by atoms with Crippen LogP contribution in [0.1, 0.15) is 18.1 Å². The molecule has 1 aromatic rings. The zero-order valence-electron chi connectivity index (χ0n) is 11.2. The molecule has 5 nitrogen and oxygen atoms in total. The first-order valence-electron chi connectivity index (χ1n) is 6.08. The van der Waals surface area contributed by atoms with E-state index < -0.39 is 10.0 Å². The molecule has 6 heteroatoms. The summed E-state index contributed by atoms with van der Waals surface area (Å²) in [4.78, 5) is 0. The summed E-state index contributed by atoms with van der Waals surface area (Å²) < 4.78 is 26.4. The molecule has 0 aliphatic rings. The van der Waals surface area contributed by atoms with Crippen molar-refractivity contribution in [1.29, 1.82) is 5.26 Å². The summed E-state index contributed by atoms with van der Waals surface area (Å²) in [6.07, 6.45) is 0. The van der Waals surface area contributed by atoms with E-state index in [4.69, 9.17) is 5.26 Å². The first-order chi connectivity index (χ1) is 8.96. The normalized spacial score (nSPS) is 12.9. The van der Waals surface area contributed by atoms with Gasteiger partial charge in [0.05, 0.1) is 17.4 Å². The summed E-state index contributed by atoms with van der Waals surface area (Å²) in [6, 6.07) is 8.63. The number of nitrogens with one attached hydrogen (secondary N) is 2. The van der Waals surface area contributed by atoms with Gasteiger partial charge in [-0.05, 0) is 37.2 Å². The van der Waals surface area contributed by atoms with Gasteiger partial charge < -0.3 is 5.32 Å². The monoisotopic (exact) mass is 281 g/mol. The third kappa shape index (κ3) is 5.83. The summed E-state index contributed by atoms with van der Waals surface area (Å²) in [5.74, 6) is 0.125. The molecule has 1 atom stereocenters. The Morgan fingerprint density at radius 1 is 1.37 bits per heavy atom. The minimum atomic E-state index is -3.36. The first kappa shape index (κ1) is 15.6. The number of hydrogen-bond acceptors (Lipinski definition) is 4. The molecule has 0 bridgehead atoms. The molecule has 19 heavy (non-hydrogen) atoms. The fourth-order valence-corrected chi connectivity index (χ4v) is 2.95. The third-order valence-electron chi connectivity index (χ3n) is 2.62. The van der Waals surface area contributed by atoms with Crippen molar-refractivity contribution in [3.05, 3.63) is 35.4 Å². The molecule has 2 N–H and O–H groups in total. The lowest BCUT2D eigenvalue weighted by Gasteiger charge is -2.12. The average molecular weight is 281 g/mol. The minimum absolute atomic E-state index is 0.102. The average Bonchev–Trinajstić information content (AvgIpc) is 2.37. The molecule has 104 valence electrons. The van der Waals surface area contributed by atoms with Crippen LogP contribution in [0.25, 0.3) is 0 Å².